The Bertz CT molecular complexity index is 901. The normalized spacial score (nSPS) is 10.4. The molecule has 0 saturated carbocycles. The van der Waals surface area contributed by atoms with Crippen molar-refractivity contribution >= 4 is 45.3 Å². The predicted molar refractivity (Wildman–Crippen MR) is 103 cm³/mol. The first-order valence-corrected chi connectivity index (χ1v) is 8.38. The largest absolute Gasteiger partial charge is 0.495 e. The number of nitro benzene ring substituents is 1. The number of hydrogen-bond acceptors (Lipinski definition) is 6. The molecule has 0 atom stereocenters. The molecule has 0 unspecified atom stereocenters. The molecule has 0 heterocycles. The molecule has 9 nitrogen and oxygen atoms in total. The summed E-state index contributed by atoms with van der Waals surface area (Å²) in [5.74, 6) is -0.696. The average molecular weight is 435 g/mol. The number of carbonyl (C=O) groups excluding carboxylic acids is 2. The van der Waals surface area contributed by atoms with E-state index in [0.717, 1.165) is 0 Å². The molecule has 2 N–H and O–H groups in total. The molecule has 2 amide bonds. The van der Waals surface area contributed by atoms with Gasteiger partial charge in [-0.3, -0.25) is 19.7 Å². The number of hydrogen-bond donors (Lipinski definition) is 2. The van der Waals surface area contributed by atoms with Gasteiger partial charge in [0.05, 0.1) is 28.4 Å². The Hall–Kier alpha value is -3.27. The minimum absolute atomic E-state index is 0.124. The van der Waals surface area contributed by atoms with Crippen LogP contribution in [0.2, 0.25) is 0 Å². The van der Waals surface area contributed by atoms with Gasteiger partial charge in [-0.1, -0.05) is 18.2 Å². The Balaban J connectivity index is 1.90. The average Bonchev–Trinajstić information content (AvgIpc) is 2.63. The maximum absolute atomic E-state index is 11.9. The summed E-state index contributed by atoms with van der Waals surface area (Å²) >= 11 is 3.08. The van der Waals surface area contributed by atoms with Crippen molar-refractivity contribution in [2.24, 2.45) is 5.10 Å². The van der Waals surface area contributed by atoms with Crippen molar-refractivity contribution in [3.63, 3.8) is 0 Å². The smallest absolute Gasteiger partial charge is 0.284 e. The number of amides is 2. The van der Waals surface area contributed by atoms with Gasteiger partial charge < -0.3 is 10.1 Å². The fourth-order valence-electron chi connectivity index (χ4n) is 2.06. The van der Waals surface area contributed by atoms with Gasteiger partial charge in [0.1, 0.15) is 12.2 Å². The summed E-state index contributed by atoms with van der Waals surface area (Å²) in [4.78, 5) is 34.0. The van der Waals surface area contributed by atoms with Gasteiger partial charge in [-0.15, -0.1) is 0 Å². The number of rotatable bonds is 7. The molecule has 0 saturated heterocycles. The lowest BCUT2D eigenvalue weighted by molar-refractivity contribution is -0.385. The van der Waals surface area contributed by atoms with E-state index in [9.17, 15) is 19.7 Å². The minimum atomic E-state index is -0.634. The van der Waals surface area contributed by atoms with Crippen LogP contribution >= 0.6 is 15.9 Å². The van der Waals surface area contributed by atoms with Gasteiger partial charge in [-0.05, 0) is 34.1 Å². The Morgan fingerprint density at radius 1 is 1.26 bits per heavy atom. The van der Waals surface area contributed by atoms with Crippen LogP contribution in [0.1, 0.15) is 12.0 Å². The highest BCUT2D eigenvalue weighted by atomic mass is 79.9. The van der Waals surface area contributed by atoms with Crippen LogP contribution in [0.4, 0.5) is 11.4 Å². The van der Waals surface area contributed by atoms with Crippen molar-refractivity contribution in [1.82, 2.24) is 5.43 Å². The van der Waals surface area contributed by atoms with Crippen LogP contribution in [-0.4, -0.2) is 30.1 Å². The molecule has 0 radical (unpaired) electrons. The predicted octanol–water partition coefficient (Wildman–Crippen LogP) is 2.84. The lowest BCUT2D eigenvalue weighted by Gasteiger charge is -2.09. The number of methoxy groups -OCH3 is 1. The number of nitro groups is 1. The quantitative estimate of drug-likeness (QED) is 0.300. The van der Waals surface area contributed by atoms with Crippen molar-refractivity contribution in [2.45, 2.75) is 6.42 Å². The van der Waals surface area contributed by atoms with Crippen LogP contribution in [0.5, 0.6) is 5.75 Å². The zero-order chi connectivity index (χ0) is 19.8. The summed E-state index contributed by atoms with van der Waals surface area (Å²) in [5.41, 5.74) is 2.94. The number of carbonyl (C=O) groups is 2. The molecule has 10 heteroatoms. The van der Waals surface area contributed by atoms with E-state index in [1.54, 1.807) is 30.3 Å². The molecule has 0 spiro atoms. The highest BCUT2D eigenvalue weighted by Gasteiger charge is 2.13. The highest BCUT2D eigenvalue weighted by Crippen LogP contribution is 2.25. The van der Waals surface area contributed by atoms with Gasteiger partial charge in [0.15, 0.2) is 0 Å². The fraction of sp³-hybridized carbons (Fsp3) is 0.118. The first kappa shape index (κ1) is 20.0. The number of ether oxygens (including phenoxy) is 1. The second-order valence-corrected chi connectivity index (χ2v) is 6.04. The first-order valence-electron chi connectivity index (χ1n) is 7.59. The Kier molecular flexibility index (Phi) is 7.00. The Labute approximate surface area is 162 Å². The molecular weight excluding hydrogens is 420 g/mol. The number of hydrazone groups is 1. The van der Waals surface area contributed by atoms with Crippen molar-refractivity contribution < 1.29 is 19.2 Å². The van der Waals surface area contributed by atoms with Gasteiger partial charge in [0.2, 0.25) is 11.8 Å². The van der Waals surface area contributed by atoms with Crippen LogP contribution in [0.25, 0.3) is 0 Å². The SMILES string of the molecule is COc1ccccc1NC(=O)CC(=O)NN=Cc1ccc(Br)c([N+](=O)[O-])c1. The van der Waals surface area contributed by atoms with Crippen molar-refractivity contribution in [3.8, 4) is 5.75 Å². The molecule has 140 valence electrons. The standard InChI is InChI=1S/C17H15BrN4O5/c1-27-15-5-3-2-4-13(15)20-16(23)9-17(24)21-19-10-11-6-7-12(18)14(8-11)22(25)26/h2-8,10H,9H2,1H3,(H,20,23)(H,21,24). The summed E-state index contributed by atoms with van der Waals surface area (Å²) in [6.07, 6.45) is 0.797. The zero-order valence-corrected chi connectivity index (χ0v) is 15.7. The molecule has 0 aliphatic rings. The molecule has 0 aromatic heterocycles. The number of nitrogens with zero attached hydrogens (tertiary/aromatic N) is 2. The molecule has 27 heavy (non-hydrogen) atoms. The van der Waals surface area contributed by atoms with Crippen molar-refractivity contribution in [2.75, 3.05) is 12.4 Å². The molecular formula is C17H15BrN4O5. The van der Waals surface area contributed by atoms with Crippen LogP contribution in [0.15, 0.2) is 52.0 Å². The summed E-state index contributed by atoms with van der Waals surface area (Å²) in [6.45, 7) is 0. The first-order chi connectivity index (χ1) is 12.9. The van der Waals surface area contributed by atoms with Crippen LogP contribution in [0, 0.1) is 10.1 Å². The van der Waals surface area contributed by atoms with E-state index in [2.05, 4.69) is 31.8 Å². The number of nitrogens with one attached hydrogen (secondary N) is 2. The van der Waals surface area contributed by atoms with Crippen LogP contribution in [0.3, 0.4) is 0 Å². The summed E-state index contributed by atoms with van der Waals surface area (Å²) < 4.78 is 5.44. The maximum Gasteiger partial charge on any atom is 0.284 e. The maximum atomic E-state index is 11.9. The lowest BCUT2D eigenvalue weighted by Crippen LogP contribution is -2.24. The molecule has 0 bridgehead atoms. The van der Waals surface area contributed by atoms with Crippen molar-refractivity contribution in [3.05, 3.63) is 62.6 Å². The summed E-state index contributed by atoms with van der Waals surface area (Å²) in [6, 6.07) is 11.2. The molecule has 0 aliphatic carbocycles. The van der Waals surface area contributed by atoms with Crippen LogP contribution in [-0.2, 0) is 9.59 Å². The number of anilines is 1. The molecule has 2 rings (SSSR count). The van der Waals surface area contributed by atoms with Gasteiger partial charge in [0.25, 0.3) is 5.69 Å². The zero-order valence-electron chi connectivity index (χ0n) is 14.1. The van der Waals surface area contributed by atoms with Gasteiger partial charge in [-0.25, -0.2) is 5.43 Å². The topological polar surface area (TPSA) is 123 Å². The summed E-state index contributed by atoms with van der Waals surface area (Å²) in [5, 5.41) is 17.1. The minimum Gasteiger partial charge on any atom is -0.495 e. The molecule has 2 aromatic rings. The molecule has 0 aliphatic heterocycles. The number of benzene rings is 2. The van der Waals surface area contributed by atoms with E-state index < -0.39 is 23.2 Å². The van der Waals surface area contributed by atoms with E-state index in [0.29, 0.717) is 21.5 Å². The Morgan fingerprint density at radius 3 is 2.70 bits per heavy atom. The van der Waals surface area contributed by atoms with Crippen molar-refractivity contribution in [1.29, 1.82) is 0 Å². The lowest BCUT2D eigenvalue weighted by atomic mass is 10.2. The second-order valence-electron chi connectivity index (χ2n) is 5.19. The third kappa shape index (κ3) is 5.89. The van der Waals surface area contributed by atoms with Gasteiger partial charge >= 0.3 is 0 Å². The van der Waals surface area contributed by atoms with E-state index in [-0.39, 0.29) is 5.69 Å². The Morgan fingerprint density at radius 2 is 2.00 bits per heavy atom. The third-order valence-electron chi connectivity index (χ3n) is 3.27. The molecule has 0 fully saturated rings. The van der Waals surface area contributed by atoms with E-state index in [1.165, 1.54) is 25.5 Å². The summed E-state index contributed by atoms with van der Waals surface area (Å²) in [7, 11) is 1.47. The van der Waals surface area contributed by atoms with Gasteiger partial charge in [-0.2, -0.15) is 5.10 Å². The van der Waals surface area contributed by atoms with E-state index in [1.807, 2.05) is 0 Å². The number of para-hydroxylation sites is 2. The number of halogens is 1. The van der Waals surface area contributed by atoms with Crippen LogP contribution < -0.4 is 15.5 Å². The monoisotopic (exact) mass is 434 g/mol. The van der Waals surface area contributed by atoms with Gasteiger partial charge in [0, 0.05) is 11.6 Å². The molecule has 2 aromatic carbocycles. The second kappa shape index (κ2) is 9.43. The highest BCUT2D eigenvalue weighted by molar-refractivity contribution is 9.10. The third-order valence-corrected chi connectivity index (χ3v) is 3.94. The van der Waals surface area contributed by atoms with E-state index >= 15 is 0 Å². The fourth-order valence-corrected chi connectivity index (χ4v) is 2.45. The van der Waals surface area contributed by atoms with E-state index in [4.69, 9.17) is 4.74 Å².